The number of fused-ring (bicyclic) bond motifs is 1. The highest BCUT2D eigenvalue weighted by atomic mass is 35.5. The van der Waals surface area contributed by atoms with Crippen LogP contribution in [0.2, 0.25) is 10.0 Å². The molecule has 1 aliphatic heterocycles. The molecule has 0 bridgehead atoms. The van der Waals surface area contributed by atoms with Crippen molar-refractivity contribution >= 4 is 28.9 Å². The monoisotopic (exact) mass is 539 g/mol. The Bertz CT molecular complexity index is 1400. The molecule has 0 fully saturated rings. The second kappa shape index (κ2) is 10.7. The van der Waals surface area contributed by atoms with E-state index in [4.69, 9.17) is 42.4 Å². The molecule has 0 aliphatic carbocycles. The first-order valence-electron chi connectivity index (χ1n) is 12.0. The predicted octanol–water partition coefficient (Wildman–Crippen LogP) is 5.39. The van der Waals surface area contributed by atoms with Gasteiger partial charge in [-0.3, -0.25) is 0 Å². The quantitative estimate of drug-likeness (QED) is 0.273. The average Bonchev–Trinajstić information content (AvgIpc) is 3.46. The van der Waals surface area contributed by atoms with Gasteiger partial charge in [0.25, 0.3) is 0 Å². The molecule has 2 aromatic carbocycles. The van der Waals surface area contributed by atoms with Gasteiger partial charge >= 0.3 is 0 Å². The third-order valence-electron chi connectivity index (χ3n) is 6.31. The molecule has 10 heteroatoms. The van der Waals surface area contributed by atoms with Crippen molar-refractivity contribution in [3.8, 4) is 28.4 Å². The number of para-hydroxylation sites is 1. The highest BCUT2D eigenvalue weighted by Gasteiger charge is 2.29. The van der Waals surface area contributed by atoms with Crippen molar-refractivity contribution in [3.63, 3.8) is 0 Å². The van der Waals surface area contributed by atoms with Crippen molar-refractivity contribution in [1.29, 1.82) is 0 Å². The number of hydrogen-bond acceptors (Lipinski definition) is 8. The Hall–Kier alpha value is -3.17. The molecule has 4 aromatic rings. The summed E-state index contributed by atoms with van der Waals surface area (Å²) in [5, 5.41) is 21.5. The lowest BCUT2D eigenvalue weighted by atomic mass is 10.0. The Morgan fingerprint density at radius 2 is 2.00 bits per heavy atom. The lowest BCUT2D eigenvalue weighted by molar-refractivity contribution is 0.108. The molecule has 0 radical (unpaired) electrons. The van der Waals surface area contributed by atoms with Crippen molar-refractivity contribution in [2.45, 2.75) is 32.4 Å². The molecule has 1 aliphatic rings. The van der Waals surface area contributed by atoms with Crippen LogP contribution >= 0.6 is 23.2 Å². The number of aromatic nitrogens is 3. The summed E-state index contributed by atoms with van der Waals surface area (Å²) in [6, 6.07) is 13.2. The lowest BCUT2D eigenvalue weighted by Crippen LogP contribution is -2.29. The maximum Gasteiger partial charge on any atom is 0.161 e. The first-order chi connectivity index (χ1) is 17.9. The van der Waals surface area contributed by atoms with Crippen LogP contribution in [-0.4, -0.2) is 46.5 Å². The standard InChI is InChI=1S/C27H27Cl2N5O3/c1-14-23(15(2)37-34-14)26-24(29)25(22-10-16-6-4-5-7-21(16)31-22)32-27(33-26)19-11-18(8-9-20(19)28)36-13-17(35)12-30-3/h4-9,11,17,22,30-31,35H,10,12-13H2,1-3H3/t17-,22?/m1/s1. The van der Waals surface area contributed by atoms with Gasteiger partial charge in [-0.15, -0.1) is 0 Å². The van der Waals surface area contributed by atoms with Crippen LogP contribution in [0.15, 0.2) is 47.0 Å². The molecule has 0 saturated carbocycles. The summed E-state index contributed by atoms with van der Waals surface area (Å²) in [5.74, 6) is 1.55. The fraction of sp³-hybridized carbons (Fsp3) is 0.296. The summed E-state index contributed by atoms with van der Waals surface area (Å²) < 4.78 is 11.2. The van der Waals surface area contributed by atoms with Gasteiger partial charge in [0.1, 0.15) is 24.2 Å². The van der Waals surface area contributed by atoms with Gasteiger partial charge in [0.2, 0.25) is 0 Å². The number of benzene rings is 2. The largest absolute Gasteiger partial charge is 0.491 e. The van der Waals surface area contributed by atoms with Gasteiger partial charge < -0.3 is 25.0 Å². The first-order valence-corrected chi connectivity index (χ1v) is 12.7. The number of likely N-dealkylation sites (N-methyl/N-ethyl adjacent to an activating group) is 1. The topological polar surface area (TPSA) is 105 Å². The van der Waals surface area contributed by atoms with Crippen LogP contribution in [0.5, 0.6) is 5.75 Å². The minimum atomic E-state index is -0.649. The van der Waals surface area contributed by atoms with E-state index in [0.717, 1.165) is 17.7 Å². The molecule has 3 heterocycles. The van der Waals surface area contributed by atoms with Crippen molar-refractivity contribution in [3.05, 3.63) is 75.2 Å². The van der Waals surface area contributed by atoms with E-state index in [9.17, 15) is 5.11 Å². The third-order valence-corrected chi connectivity index (χ3v) is 7.01. The number of nitrogens with one attached hydrogen (secondary N) is 2. The van der Waals surface area contributed by atoms with Gasteiger partial charge in [-0.2, -0.15) is 0 Å². The molecule has 1 unspecified atom stereocenters. The minimum Gasteiger partial charge on any atom is -0.491 e. The number of nitrogens with zero attached hydrogens (tertiary/aromatic N) is 3. The van der Waals surface area contributed by atoms with Crippen molar-refractivity contribution in [2.24, 2.45) is 0 Å². The normalized spacial score (nSPS) is 15.4. The summed E-state index contributed by atoms with van der Waals surface area (Å²) in [4.78, 5) is 9.75. The Balaban J connectivity index is 1.60. The number of ether oxygens (including phenoxy) is 1. The van der Waals surface area contributed by atoms with E-state index in [-0.39, 0.29) is 12.6 Å². The van der Waals surface area contributed by atoms with E-state index in [1.54, 1.807) is 25.2 Å². The van der Waals surface area contributed by atoms with Crippen LogP contribution < -0.4 is 15.4 Å². The maximum atomic E-state index is 10.0. The zero-order valence-electron chi connectivity index (χ0n) is 20.7. The Labute approximate surface area is 225 Å². The molecule has 0 saturated heterocycles. The third kappa shape index (κ3) is 5.15. The zero-order valence-corrected chi connectivity index (χ0v) is 22.2. The average molecular weight is 540 g/mol. The summed E-state index contributed by atoms with van der Waals surface area (Å²) in [6.07, 6.45) is 0.0805. The minimum absolute atomic E-state index is 0.128. The van der Waals surface area contributed by atoms with E-state index in [2.05, 4.69) is 21.9 Å². The number of aliphatic hydroxyl groups is 1. The van der Waals surface area contributed by atoms with E-state index in [1.165, 1.54) is 5.56 Å². The Morgan fingerprint density at radius 3 is 2.73 bits per heavy atom. The maximum absolute atomic E-state index is 10.0. The first kappa shape index (κ1) is 25.5. The van der Waals surface area contributed by atoms with Gasteiger partial charge in [0.15, 0.2) is 5.82 Å². The van der Waals surface area contributed by atoms with E-state index in [1.807, 2.05) is 32.0 Å². The van der Waals surface area contributed by atoms with Crippen LogP contribution in [0.1, 0.15) is 28.8 Å². The second-order valence-electron chi connectivity index (χ2n) is 9.02. The number of halogens is 2. The SMILES string of the molecule is CNC[C@@H](O)COc1ccc(Cl)c(-c2nc(-c3c(C)noc3C)c(Cl)c(C3Cc4ccccc4N3)n2)c1. The summed E-state index contributed by atoms with van der Waals surface area (Å²) in [7, 11) is 1.77. The summed E-state index contributed by atoms with van der Waals surface area (Å²) in [6.45, 7) is 4.23. The fourth-order valence-electron chi connectivity index (χ4n) is 4.52. The molecule has 2 atom stereocenters. The molecule has 0 amide bonds. The fourth-order valence-corrected chi connectivity index (χ4v) is 5.03. The van der Waals surface area contributed by atoms with Gasteiger partial charge in [0.05, 0.1) is 38.7 Å². The molecule has 192 valence electrons. The second-order valence-corrected chi connectivity index (χ2v) is 9.80. The predicted molar refractivity (Wildman–Crippen MR) is 144 cm³/mol. The van der Waals surface area contributed by atoms with Crippen LogP contribution in [-0.2, 0) is 6.42 Å². The van der Waals surface area contributed by atoms with Gasteiger partial charge in [0, 0.05) is 24.2 Å². The zero-order chi connectivity index (χ0) is 26.1. The van der Waals surface area contributed by atoms with Crippen LogP contribution in [0.4, 0.5) is 5.69 Å². The van der Waals surface area contributed by atoms with E-state index in [0.29, 0.717) is 56.6 Å². The number of aliphatic hydroxyl groups excluding tert-OH is 1. The number of anilines is 1. The highest BCUT2D eigenvalue weighted by molar-refractivity contribution is 6.34. The smallest absolute Gasteiger partial charge is 0.161 e. The van der Waals surface area contributed by atoms with Crippen LogP contribution in [0.25, 0.3) is 22.6 Å². The molecule has 3 N–H and O–H groups in total. The van der Waals surface area contributed by atoms with Crippen molar-refractivity contribution in [1.82, 2.24) is 20.4 Å². The number of aryl methyl sites for hydroxylation is 2. The van der Waals surface area contributed by atoms with E-state index >= 15 is 0 Å². The molecular formula is C27H27Cl2N5O3. The molecular weight excluding hydrogens is 513 g/mol. The molecule has 37 heavy (non-hydrogen) atoms. The summed E-state index contributed by atoms with van der Waals surface area (Å²) in [5.41, 5.74) is 5.42. The van der Waals surface area contributed by atoms with E-state index < -0.39 is 6.10 Å². The highest BCUT2D eigenvalue weighted by Crippen LogP contribution is 2.42. The molecule has 0 spiro atoms. The van der Waals surface area contributed by atoms with Crippen LogP contribution in [0, 0.1) is 13.8 Å². The summed E-state index contributed by atoms with van der Waals surface area (Å²) >= 11 is 13.6. The molecule has 8 nitrogen and oxygen atoms in total. The van der Waals surface area contributed by atoms with Gasteiger partial charge in [-0.25, -0.2) is 9.97 Å². The molecule has 2 aromatic heterocycles. The van der Waals surface area contributed by atoms with Crippen LogP contribution in [0.3, 0.4) is 0 Å². The van der Waals surface area contributed by atoms with Gasteiger partial charge in [-0.05, 0) is 50.7 Å². The van der Waals surface area contributed by atoms with Gasteiger partial charge in [-0.1, -0.05) is 46.6 Å². The van der Waals surface area contributed by atoms with Crippen molar-refractivity contribution in [2.75, 3.05) is 25.5 Å². The Kier molecular flexibility index (Phi) is 7.35. The lowest BCUT2D eigenvalue weighted by Gasteiger charge is -2.18. The Morgan fingerprint density at radius 1 is 1.19 bits per heavy atom. The van der Waals surface area contributed by atoms with Crippen molar-refractivity contribution < 1.29 is 14.4 Å². The molecule has 5 rings (SSSR count). The number of hydrogen-bond donors (Lipinski definition) is 3. The number of rotatable bonds is 8.